The fraction of sp³-hybridized carbons (Fsp3) is 0.900. The summed E-state index contributed by atoms with van der Waals surface area (Å²) in [7, 11) is 1.83. The lowest BCUT2D eigenvalue weighted by molar-refractivity contribution is 0.204. The van der Waals surface area contributed by atoms with Crippen molar-refractivity contribution in [2.75, 3.05) is 13.6 Å². The van der Waals surface area contributed by atoms with Gasteiger partial charge in [0.05, 0.1) is 0 Å². The number of nitrogens with one attached hydrogen (secondary N) is 1. The van der Waals surface area contributed by atoms with Crippen LogP contribution in [0.1, 0.15) is 33.1 Å². The fourth-order valence-corrected chi connectivity index (χ4v) is 1.77. The van der Waals surface area contributed by atoms with Crippen LogP contribution in [0.4, 0.5) is 4.79 Å². The van der Waals surface area contributed by atoms with E-state index in [0.29, 0.717) is 12.0 Å². The van der Waals surface area contributed by atoms with E-state index in [4.69, 9.17) is 0 Å². The lowest BCUT2D eigenvalue weighted by Crippen LogP contribution is -2.43. The first-order valence-corrected chi connectivity index (χ1v) is 5.16. The van der Waals surface area contributed by atoms with E-state index in [-0.39, 0.29) is 6.03 Å². The number of rotatable bonds is 2. The molecule has 0 bridgehead atoms. The minimum absolute atomic E-state index is 0.0706. The van der Waals surface area contributed by atoms with Crippen LogP contribution in [-0.2, 0) is 0 Å². The van der Waals surface area contributed by atoms with Crippen molar-refractivity contribution in [3.8, 4) is 0 Å². The second-order valence-electron chi connectivity index (χ2n) is 3.98. The Hall–Kier alpha value is -0.730. The van der Waals surface area contributed by atoms with Gasteiger partial charge in [0.25, 0.3) is 0 Å². The summed E-state index contributed by atoms with van der Waals surface area (Å²) in [5.74, 6) is 0.647. The third-order valence-corrected chi connectivity index (χ3v) is 2.99. The van der Waals surface area contributed by atoms with Crippen LogP contribution in [0, 0.1) is 5.92 Å². The second-order valence-corrected chi connectivity index (χ2v) is 3.98. The summed E-state index contributed by atoms with van der Waals surface area (Å²) in [6, 6.07) is 0.475. The summed E-state index contributed by atoms with van der Waals surface area (Å²) in [6.07, 6.45) is 3.65. The van der Waals surface area contributed by atoms with Crippen molar-refractivity contribution in [3.63, 3.8) is 0 Å². The first-order chi connectivity index (χ1) is 6.15. The second kappa shape index (κ2) is 4.49. The highest BCUT2D eigenvalue weighted by molar-refractivity contribution is 5.74. The molecule has 0 aromatic heterocycles. The minimum Gasteiger partial charge on any atom is -0.335 e. The highest BCUT2D eigenvalue weighted by Gasteiger charge is 2.25. The maximum absolute atomic E-state index is 11.5. The smallest absolute Gasteiger partial charge is 0.317 e. The van der Waals surface area contributed by atoms with Gasteiger partial charge in [-0.3, -0.25) is 0 Å². The summed E-state index contributed by atoms with van der Waals surface area (Å²) < 4.78 is 0. The van der Waals surface area contributed by atoms with Crippen molar-refractivity contribution < 1.29 is 4.79 Å². The van der Waals surface area contributed by atoms with Crippen molar-refractivity contribution in [3.05, 3.63) is 0 Å². The first kappa shape index (κ1) is 10.4. The molecule has 2 unspecified atom stereocenters. The Morgan fingerprint density at radius 2 is 2.23 bits per heavy atom. The zero-order valence-electron chi connectivity index (χ0n) is 8.84. The molecule has 3 heteroatoms. The lowest BCUT2D eigenvalue weighted by atomic mass is 10.1. The average molecular weight is 184 g/mol. The van der Waals surface area contributed by atoms with Crippen LogP contribution in [-0.4, -0.2) is 30.6 Å². The number of carbonyl (C=O) groups is 1. The molecule has 0 spiro atoms. The van der Waals surface area contributed by atoms with Gasteiger partial charge < -0.3 is 10.2 Å². The van der Waals surface area contributed by atoms with Crippen LogP contribution in [0.3, 0.4) is 0 Å². The van der Waals surface area contributed by atoms with Crippen LogP contribution in [0.2, 0.25) is 0 Å². The predicted molar refractivity (Wildman–Crippen MR) is 53.6 cm³/mol. The monoisotopic (exact) mass is 184 g/mol. The third-order valence-electron chi connectivity index (χ3n) is 2.99. The summed E-state index contributed by atoms with van der Waals surface area (Å²) in [6.45, 7) is 4.97. The van der Waals surface area contributed by atoms with Gasteiger partial charge in [0.2, 0.25) is 0 Å². The van der Waals surface area contributed by atoms with Gasteiger partial charge in [-0.2, -0.15) is 0 Å². The summed E-state index contributed by atoms with van der Waals surface area (Å²) in [5, 5.41) is 3.07. The van der Waals surface area contributed by atoms with E-state index in [1.807, 2.05) is 14.0 Å². The highest BCUT2D eigenvalue weighted by atomic mass is 16.2. The minimum atomic E-state index is 0.0706. The zero-order chi connectivity index (χ0) is 9.84. The number of hydrogen-bond donors (Lipinski definition) is 1. The number of urea groups is 1. The fourth-order valence-electron chi connectivity index (χ4n) is 1.77. The standard InChI is InChI=1S/C10H20N2O/c1-4-12(3)10(13)11-9-7-5-6-8(9)2/h8-9H,4-7H2,1-3H3,(H,11,13). The van der Waals surface area contributed by atoms with Crippen molar-refractivity contribution in [1.29, 1.82) is 0 Å². The molecule has 1 aliphatic carbocycles. The van der Waals surface area contributed by atoms with Gasteiger partial charge in [0.1, 0.15) is 0 Å². The average Bonchev–Trinajstić information content (AvgIpc) is 2.50. The summed E-state index contributed by atoms with van der Waals surface area (Å²) in [4.78, 5) is 13.2. The quantitative estimate of drug-likeness (QED) is 0.697. The molecule has 0 radical (unpaired) electrons. The van der Waals surface area contributed by atoms with Gasteiger partial charge in [-0.1, -0.05) is 13.3 Å². The SMILES string of the molecule is CCN(C)C(=O)NC1CCCC1C. The molecule has 0 aromatic carbocycles. The molecule has 0 heterocycles. The molecule has 13 heavy (non-hydrogen) atoms. The van der Waals surface area contributed by atoms with Crippen molar-refractivity contribution in [1.82, 2.24) is 10.2 Å². The number of nitrogens with zero attached hydrogens (tertiary/aromatic N) is 1. The number of hydrogen-bond acceptors (Lipinski definition) is 1. The molecule has 0 saturated heterocycles. The normalized spacial score (nSPS) is 27.3. The van der Waals surface area contributed by atoms with Crippen molar-refractivity contribution >= 4 is 6.03 Å². The van der Waals surface area contributed by atoms with Crippen molar-refractivity contribution in [2.24, 2.45) is 5.92 Å². The van der Waals surface area contributed by atoms with E-state index in [1.54, 1.807) is 4.90 Å². The molecule has 76 valence electrons. The molecule has 0 aromatic rings. The first-order valence-electron chi connectivity index (χ1n) is 5.16. The molecule has 1 aliphatic rings. The van der Waals surface area contributed by atoms with Crippen LogP contribution in [0.5, 0.6) is 0 Å². The maximum atomic E-state index is 11.5. The number of amides is 2. The lowest BCUT2D eigenvalue weighted by Gasteiger charge is -2.22. The van der Waals surface area contributed by atoms with Gasteiger partial charge in [0.15, 0.2) is 0 Å². The van der Waals surface area contributed by atoms with E-state index in [0.717, 1.165) is 13.0 Å². The topological polar surface area (TPSA) is 32.3 Å². The van der Waals surface area contributed by atoms with Crippen LogP contribution >= 0.6 is 0 Å². The van der Waals surface area contributed by atoms with Gasteiger partial charge in [0, 0.05) is 19.6 Å². The molecule has 2 amide bonds. The molecule has 1 rings (SSSR count). The number of carbonyl (C=O) groups excluding carboxylic acids is 1. The maximum Gasteiger partial charge on any atom is 0.317 e. The van der Waals surface area contributed by atoms with Crippen LogP contribution in [0.15, 0.2) is 0 Å². The Balaban J connectivity index is 2.35. The van der Waals surface area contributed by atoms with E-state index < -0.39 is 0 Å². The molecule has 1 saturated carbocycles. The van der Waals surface area contributed by atoms with Gasteiger partial charge in [-0.05, 0) is 25.7 Å². The Morgan fingerprint density at radius 3 is 2.69 bits per heavy atom. The Kier molecular flexibility index (Phi) is 3.58. The van der Waals surface area contributed by atoms with E-state index >= 15 is 0 Å². The third kappa shape index (κ3) is 2.61. The molecule has 1 N–H and O–H groups in total. The van der Waals surface area contributed by atoms with Gasteiger partial charge >= 0.3 is 6.03 Å². The largest absolute Gasteiger partial charge is 0.335 e. The summed E-state index contributed by atoms with van der Waals surface area (Å²) >= 11 is 0. The Morgan fingerprint density at radius 1 is 1.54 bits per heavy atom. The van der Waals surface area contributed by atoms with Crippen molar-refractivity contribution in [2.45, 2.75) is 39.2 Å². The zero-order valence-corrected chi connectivity index (χ0v) is 8.84. The molecule has 0 aliphatic heterocycles. The van der Waals surface area contributed by atoms with E-state index in [1.165, 1.54) is 12.8 Å². The Labute approximate surface area is 80.5 Å². The molecule has 1 fully saturated rings. The molecular weight excluding hydrogens is 164 g/mol. The molecular formula is C10H20N2O. The van der Waals surface area contributed by atoms with Gasteiger partial charge in [-0.15, -0.1) is 0 Å². The van der Waals surface area contributed by atoms with Crippen LogP contribution in [0.25, 0.3) is 0 Å². The highest BCUT2D eigenvalue weighted by Crippen LogP contribution is 2.24. The van der Waals surface area contributed by atoms with E-state index in [2.05, 4.69) is 12.2 Å². The van der Waals surface area contributed by atoms with E-state index in [9.17, 15) is 4.79 Å². The summed E-state index contributed by atoms with van der Waals surface area (Å²) in [5.41, 5.74) is 0. The van der Waals surface area contributed by atoms with Gasteiger partial charge in [-0.25, -0.2) is 4.79 Å². The molecule has 2 atom stereocenters. The predicted octanol–water partition coefficient (Wildman–Crippen LogP) is 1.84. The van der Waals surface area contributed by atoms with Crippen LogP contribution < -0.4 is 5.32 Å². The Bertz CT molecular complexity index is 182. The molecule has 3 nitrogen and oxygen atoms in total.